The van der Waals surface area contributed by atoms with Gasteiger partial charge in [0.15, 0.2) is 0 Å². The molecule has 108 valence electrons. The van der Waals surface area contributed by atoms with Gasteiger partial charge in [0.2, 0.25) is 0 Å². The smallest absolute Gasteiger partial charge is 0.0693 e. The molecule has 1 aromatic carbocycles. The summed E-state index contributed by atoms with van der Waals surface area (Å²) in [6.07, 6.45) is 1.12. The van der Waals surface area contributed by atoms with Crippen molar-refractivity contribution in [1.29, 1.82) is 0 Å². The zero-order valence-electron chi connectivity index (χ0n) is 11.3. The number of thiophene rings is 1. The van der Waals surface area contributed by atoms with E-state index in [2.05, 4.69) is 91.2 Å². The molecule has 1 N–H and O–H groups in total. The average molecular weight is 482 g/mol. The minimum absolute atomic E-state index is 0.213. The minimum Gasteiger partial charge on any atom is -0.306 e. The standard InChI is InChI=1S/C15H16Br3NS/c1-3-6-19-14(15-13(18)7-9(2)20-15)11-5-4-10(16)8-12(11)17/h4-5,7-8,14,19H,3,6H2,1-2H3. The maximum absolute atomic E-state index is 3.69. The van der Waals surface area contributed by atoms with E-state index in [9.17, 15) is 0 Å². The van der Waals surface area contributed by atoms with Gasteiger partial charge in [-0.1, -0.05) is 44.8 Å². The summed E-state index contributed by atoms with van der Waals surface area (Å²) in [4.78, 5) is 2.65. The van der Waals surface area contributed by atoms with Crippen LogP contribution in [-0.2, 0) is 0 Å². The highest BCUT2D eigenvalue weighted by atomic mass is 79.9. The second-order valence-corrected chi connectivity index (χ2v) is 8.53. The van der Waals surface area contributed by atoms with E-state index in [0.717, 1.165) is 21.9 Å². The van der Waals surface area contributed by atoms with E-state index in [1.165, 1.54) is 19.8 Å². The van der Waals surface area contributed by atoms with E-state index in [4.69, 9.17) is 0 Å². The summed E-state index contributed by atoms with van der Waals surface area (Å²) >= 11 is 12.7. The Labute approximate surface area is 149 Å². The minimum atomic E-state index is 0.213. The Morgan fingerprint density at radius 1 is 1.15 bits per heavy atom. The molecule has 0 spiro atoms. The normalized spacial score (nSPS) is 12.7. The molecule has 1 heterocycles. The summed E-state index contributed by atoms with van der Waals surface area (Å²) in [5, 5.41) is 3.65. The summed E-state index contributed by atoms with van der Waals surface area (Å²) in [7, 11) is 0. The molecule has 0 aliphatic heterocycles. The Bertz CT molecular complexity index is 595. The first kappa shape index (κ1) is 16.7. The van der Waals surface area contributed by atoms with E-state index < -0.39 is 0 Å². The van der Waals surface area contributed by atoms with Crippen molar-refractivity contribution in [2.24, 2.45) is 0 Å². The number of halogens is 3. The number of aryl methyl sites for hydroxylation is 1. The van der Waals surface area contributed by atoms with Gasteiger partial charge in [-0.25, -0.2) is 0 Å². The van der Waals surface area contributed by atoms with Gasteiger partial charge in [-0.15, -0.1) is 11.3 Å². The van der Waals surface area contributed by atoms with Crippen LogP contribution in [0, 0.1) is 6.92 Å². The van der Waals surface area contributed by atoms with E-state index in [1.807, 2.05) is 11.3 Å². The molecule has 0 saturated carbocycles. The molecule has 1 unspecified atom stereocenters. The number of nitrogens with one attached hydrogen (secondary N) is 1. The predicted molar refractivity (Wildman–Crippen MR) is 98.7 cm³/mol. The Balaban J connectivity index is 2.44. The predicted octanol–water partition coefficient (Wildman–Crippen LogP) is 6.43. The summed E-state index contributed by atoms with van der Waals surface area (Å²) in [5.41, 5.74) is 1.27. The molecule has 0 bridgehead atoms. The lowest BCUT2D eigenvalue weighted by Gasteiger charge is -2.20. The highest BCUT2D eigenvalue weighted by Crippen LogP contribution is 2.38. The number of rotatable bonds is 5. The molecule has 5 heteroatoms. The number of hydrogen-bond donors (Lipinski definition) is 1. The Hall–Kier alpha value is 0.320. The van der Waals surface area contributed by atoms with Gasteiger partial charge in [0.1, 0.15) is 0 Å². The summed E-state index contributed by atoms with van der Waals surface area (Å²) < 4.78 is 3.39. The third-order valence-electron chi connectivity index (χ3n) is 2.97. The van der Waals surface area contributed by atoms with Crippen LogP contribution in [0.15, 0.2) is 37.7 Å². The summed E-state index contributed by atoms with van der Waals surface area (Å²) in [5.74, 6) is 0. The maximum Gasteiger partial charge on any atom is 0.0693 e. The zero-order chi connectivity index (χ0) is 14.7. The Kier molecular flexibility index (Phi) is 6.29. The highest BCUT2D eigenvalue weighted by molar-refractivity contribution is 9.11. The van der Waals surface area contributed by atoms with Gasteiger partial charge in [0.05, 0.1) is 6.04 Å². The van der Waals surface area contributed by atoms with E-state index in [1.54, 1.807) is 0 Å². The van der Waals surface area contributed by atoms with Gasteiger partial charge in [-0.2, -0.15) is 0 Å². The van der Waals surface area contributed by atoms with Crippen molar-refractivity contribution in [2.75, 3.05) is 6.54 Å². The molecule has 1 nitrogen and oxygen atoms in total. The molecular weight excluding hydrogens is 466 g/mol. The molecular formula is C15H16Br3NS. The first-order valence-electron chi connectivity index (χ1n) is 6.47. The van der Waals surface area contributed by atoms with Gasteiger partial charge in [0.25, 0.3) is 0 Å². The lowest BCUT2D eigenvalue weighted by molar-refractivity contribution is 0.602. The molecule has 0 aliphatic carbocycles. The first-order valence-corrected chi connectivity index (χ1v) is 9.66. The zero-order valence-corrected chi connectivity index (χ0v) is 16.9. The molecule has 1 aromatic heterocycles. The second-order valence-electron chi connectivity index (χ2n) is 4.62. The lowest BCUT2D eigenvalue weighted by atomic mass is 10.1. The van der Waals surface area contributed by atoms with Crippen LogP contribution < -0.4 is 5.32 Å². The van der Waals surface area contributed by atoms with Gasteiger partial charge in [-0.05, 0) is 59.6 Å². The van der Waals surface area contributed by atoms with E-state index >= 15 is 0 Å². The molecule has 20 heavy (non-hydrogen) atoms. The van der Waals surface area contributed by atoms with Crippen LogP contribution >= 0.6 is 59.1 Å². The van der Waals surface area contributed by atoms with Gasteiger partial charge in [0, 0.05) is 23.2 Å². The molecule has 0 saturated heterocycles. The molecule has 0 radical (unpaired) electrons. The molecule has 0 aliphatic rings. The van der Waals surface area contributed by atoms with Crippen LogP contribution in [0.4, 0.5) is 0 Å². The van der Waals surface area contributed by atoms with E-state index in [-0.39, 0.29) is 6.04 Å². The highest BCUT2D eigenvalue weighted by Gasteiger charge is 2.20. The van der Waals surface area contributed by atoms with Crippen LogP contribution in [-0.4, -0.2) is 6.54 Å². The van der Waals surface area contributed by atoms with Crippen LogP contribution in [0.25, 0.3) is 0 Å². The van der Waals surface area contributed by atoms with Crippen molar-refractivity contribution in [3.05, 3.63) is 53.0 Å². The van der Waals surface area contributed by atoms with Gasteiger partial charge in [-0.3, -0.25) is 0 Å². The largest absolute Gasteiger partial charge is 0.306 e. The first-order chi connectivity index (χ1) is 9.52. The molecule has 2 aromatic rings. The van der Waals surface area contributed by atoms with Crippen LogP contribution in [0.5, 0.6) is 0 Å². The second kappa shape index (κ2) is 7.54. The summed E-state index contributed by atoms with van der Waals surface area (Å²) in [6.45, 7) is 5.33. The fourth-order valence-corrected chi connectivity index (χ4v) is 5.32. The van der Waals surface area contributed by atoms with Crippen LogP contribution in [0.1, 0.15) is 34.7 Å². The SMILES string of the molecule is CCCNC(c1ccc(Br)cc1Br)c1sc(C)cc1Br. The summed E-state index contributed by atoms with van der Waals surface area (Å²) in [6, 6.07) is 8.76. The quantitative estimate of drug-likeness (QED) is 0.518. The van der Waals surface area contributed by atoms with E-state index in [0.29, 0.717) is 0 Å². The van der Waals surface area contributed by atoms with Crippen molar-refractivity contribution >= 4 is 59.1 Å². The van der Waals surface area contributed by atoms with Crippen LogP contribution in [0.3, 0.4) is 0 Å². The van der Waals surface area contributed by atoms with Crippen molar-refractivity contribution in [3.63, 3.8) is 0 Å². The molecule has 0 amide bonds. The Morgan fingerprint density at radius 3 is 2.45 bits per heavy atom. The van der Waals surface area contributed by atoms with Crippen molar-refractivity contribution in [1.82, 2.24) is 5.32 Å². The van der Waals surface area contributed by atoms with Crippen molar-refractivity contribution < 1.29 is 0 Å². The molecule has 2 rings (SSSR count). The van der Waals surface area contributed by atoms with Crippen molar-refractivity contribution in [2.45, 2.75) is 26.3 Å². The van der Waals surface area contributed by atoms with Crippen LogP contribution in [0.2, 0.25) is 0 Å². The molecule has 0 fully saturated rings. The third-order valence-corrected chi connectivity index (χ3v) is 6.18. The monoisotopic (exact) mass is 479 g/mol. The average Bonchev–Trinajstić information content (AvgIpc) is 2.71. The van der Waals surface area contributed by atoms with Gasteiger partial charge >= 0.3 is 0 Å². The topological polar surface area (TPSA) is 12.0 Å². The third kappa shape index (κ3) is 3.95. The molecule has 1 atom stereocenters. The Morgan fingerprint density at radius 2 is 1.90 bits per heavy atom. The number of benzene rings is 1. The van der Waals surface area contributed by atoms with Gasteiger partial charge < -0.3 is 5.32 Å². The van der Waals surface area contributed by atoms with Crippen molar-refractivity contribution in [3.8, 4) is 0 Å². The fraction of sp³-hybridized carbons (Fsp3) is 0.333. The maximum atomic E-state index is 3.69. The number of hydrogen-bond acceptors (Lipinski definition) is 2. The lowest BCUT2D eigenvalue weighted by Crippen LogP contribution is -2.23. The fourth-order valence-electron chi connectivity index (χ4n) is 2.07.